The van der Waals surface area contributed by atoms with Gasteiger partial charge in [0.15, 0.2) is 0 Å². The lowest BCUT2D eigenvalue weighted by atomic mass is 9.95. The maximum atomic E-state index is 3.93. The highest BCUT2D eigenvalue weighted by Crippen LogP contribution is 2.20. The SMILES string of the molecule is [CH2]CC=CCCCCCC(C)CCCCCCCCCCCC(C)CCCCC[CH2]. The van der Waals surface area contributed by atoms with Crippen LogP contribution in [0.15, 0.2) is 12.2 Å². The predicted molar refractivity (Wildman–Crippen MR) is 140 cm³/mol. The normalized spacial score (nSPS) is 13.9. The summed E-state index contributed by atoms with van der Waals surface area (Å²) in [5, 5.41) is 0. The zero-order chi connectivity index (χ0) is 22.1. The van der Waals surface area contributed by atoms with E-state index in [1.165, 1.54) is 128 Å². The first-order valence-corrected chi connectivity index (χ1v) is 13.9. The summed E-state index contributed by atoms with van der Waals surface area (Å²) in [4.78, 5) is 0. The minimum absolute atomic E-state index is 0.937. The van der Waals surface area contributed by atoms with Gasteiger partial charge < -0.3 is 0 Å². The van der Waals surface area contributed by atoms with Gasteiger partial charge in [-0.05, 0) is 38.0 Å². The Labute approximate surface area is 193 Å². The van der Waals surface area contributed by atoms with Crippen molar-refractivity contribution >= 4 is 0 Å². The third kappa shape index (κ3) is 24.0. The molecule has 30 heavy (non-hydrogen) atoms. The lowest BCUT2D eigenvalue weighted by Crippen LogP contribution is -1.95. The van der Waals surface area contributed by atoms with Gasteiger partial charge in [-0.1, -0.05) is 155 Å². The third-order valence-corrected chi connectivity index (χ3v) is 6.74. The Bertz CT molecular complexity index is 329. The van der Waals surface area contributed by atoms with Gasteiger partial charge in [-0.3, -0.25) is 0 Å². The average molecular weight is 419 g/mol. The lowest BCUT2D eigenvalue weighted by Gasteiger charge is -2.11. The molecule has 0 bridgehead atoms. The van der Waals surface area contributed by atoms with Crippen LogP contribution in [0.1, 0.15) is 155 Å². The maximum absolute atomic E-state index is 3.93. The zero-order valence-corrected chi connectivity index (χ0v) is 21.3. The Morgan fingerprint density at radius 2 is 0.833 bits per heavy atom. The van der Waals surface area contributed by atoms with Crippen LogP contribution in [0.4, 0.5) is 0 Å². The minimum Gasteiger partial charge on any atom is -0.0885 e. The van der Waals surface area contributed by atoms with E-state index < -0.39 is 0 Å². The lowest BCUT2D eigenvalue weighted by molar-refractivity contribution is 0.428. The number of allylic oxidation sites excluding steroid dienone is 2. The molecule has 0 heteroatoms. The van der Waals surface area contributed by atoms with Crippen LogP contribution in [0.25, 0.3) is 0 Å². The molecule has 0 aliphatic carbocycles. The minimum atomic E-state index is 0.937. The van der Waals surface area contributed by atoms with Gasteiger partial charge in [0.1, 0.15) is 0 Å². The number of rotatable bonds is 24. The van der Waals surface area contributed by atoms with Gasteiger partial charge in [0, 0.05) is 0 Å². The van der Waals surface area contributed by atoms with Gasteiger partial charge in [0.05, 0.1) is 0 Å². The quantitative estimate of drug-likeness (QED) is 0.108. The second-order valence-corrected chi connectivity index (χ2v) is 10.1. The standard InChI is InChI=1S/C30H58/c1-5-7-9-11-15-18-22-27-30(4)28-24-20-17-14-12-13-16-19-23-26-29(3)25-21-10-8-6-2/h7,9,29-30H,1-2,5-6,8,10-28H2,3-4H3. The first-order valence-electron chi connectivity index (χ1n) is 13.9. The number of hydrogen-bond donors (Lipinski definition) is 0. The summed E-state index contributed by atoms with van der Waals surface area (Å²) < 4.78 is 0. The first kappa shape index (κ1) is 29.7. The predicted octanol–water partition coefficient (Wildman–Crippen LogP) is 11.1. The van der Waals surface area contributed by atoms with Gasteiger partial charge in [0.25, 0.3) is 0 Å². The molecule has 0 fully saturated rings. The molecule has 0 saturated carbocycles. The highest BCUT2D eigenvalue weighted by Gasteiger charge is 2.03. The van der Waals surface area contributed by atoms with Gasteiger partial charge in [-0.15, -0.1) is 0 Å². The van der Waals surface area contributed by atoms with E-state index in [0.717, 1.165) is 24.7 Å². The molecule has 0 heterocycles. The highest BCUT2D eigenvalue weighted by atomic mass is 14.1. The molecular weight excluding hydrogens is 360 g/mol. The van der Waals surface area contributed by atoms with Crippen molar-refractivity contribution in [3.05, 3.63) is 26.0 Å². The third-order valence-electron chi connectivity index (χ3n) is 6.74. The molecule has 2 radical (unpaired) electrons. The van der Waals surface area contributed by atoms with Crippen molar-refractivity contribution in [1.29, 1.82) is 0 Å². The molecule has 0 aromatic rings. The first-order chi connectivity index (χ1) is 14.7. The van der Waals surface area contributed by atoms with Crippen LogP contribution in [0, 0.1) is 25.7 Å². The molecule has 0 aromatic heterocycles. The molecule has 0 spiro atoms. The van der Waals surface area contributed by atoms with Crippen LogP contribution in [-0.4, -0.2) is 0 Å². The molecule has 0 aliphatic heterocycles. The van der Waals surface area contributed by atoms with Gasteiger partial charge in [0.2, 0.25) is 0 Å². The van der Waals surface area contributed by atoms with Gasteiger partial charge in [-0.2, -0.15) is 0 Å². The van der Waals surface area contributed by atoms with E-state index in [9.17, 15) is 0 Å². The summed E-state index contributed by atoms with van der Waals surface area (Å²) in [7, 11) is 0. The fourth-order valence-electron chi connectivity index (χ4n) is 4.53. The summed E-state index contributed by atoms with van der Waals surface area (Å²) in [5.41, 5.74) is 0. The van der Waals surface area contributed by atoms with E-state index in [0.29, 0.717) is 0 Å². The zero-order valence-electron chi connectivity index (χ0n) is 21.3. The van der Waals surface area contributed by atoms with Crippen molar-refractivity contribution in [2.45, 2.75) is 155 Å². The van der Waals surface area contributed by atoms with E-state index in [1.54, 1.807) is 0 Å². The largest absolute Gasteiger partial charge is 0.0885 e. The summed E-state index contributed by atoms with van der Waals surface area (Å²) in [6.07, 6.45) is 35.1. The maximum Gasteiger partial charge on any atom is -0.0351 e. The van der Waals surface area contributed by atoms with Crippen molar-refractivity contribution in [2.75, 3.05) is 0 Å². The number of hydrogen-bond acceptors (Lipinski definition) is 0. The average Bonchev–Trinajstić information content (AvgIpc) is 2.74. The number of unbranched alkanes of at least 4 members (excludes halogenated alkanes) is 14. The molecule has 178 valence electrons. The highest BCUT2D eigenvalue weighted by molar-refractivity contribution is 4.81. The Morgan fingerprint density at radius 1 is 0.467 bits per heavy atom. The second-order valence-electron chi connectivity index (χ2n) is 10.1. The van der Waals surface area contributed by atoms with Crippen molar-refractivity contribution in [3.63, 3.8) is 0 Å². The summed E-state index contributed by atoms with van der Waals surface area (Å²) in [5.74, 6) is 1.88. The van der Waals surface area contributed by atoms with E-state index in [-0.39, 0.29) is 0 Å². The fraction of sp³-hybridized carbons (Fsp3) is 0.867. The fourth-order valence-corrected chi connectivity index (χ4v) is 4.53. The van der Waals surface area contributed by atoms with Crippen LogP contribution < -0.4 is 0 Å². The molecule has 0 N–H and O–H groups in total. The van der Waals surface area contributed by atoms with Crippen molar-refractivity contribution in [1.82, 2.24) is 0 Å². The molecule has 0 aliphatic rings. The smallest absolute Gasteiger partial charge is 0.0351 e. The Kier molecular flexibility index (Phi) is 24.8. The van der Waals surface area contributed by atoms with Crippen LogP contribution in [0.2, 0.25) is 0 Å². The summed E-state index contributed by atoms with van der Waals surface area (Å²) >= 11 is 0. The van der Waals surface area contributed by atoms with E-state index >= 15 is 0 Å². The molecule has 2 atom stereocenters. The van der Waals surface area contributed by atoms with E-state index in [2.05, 4.69) is 39.8 Å². The molecule has 0 nitrogen and oxygen atoms in total. The molecular formula is C30H58. The van der Waals surface area contributed by atoms with Crippen molar-refractivity contribution < 1.29 is 0 Å². The Morgan fingerprint density at radius 3 is 1.23 bits per heavy atom. The van der Waals surface area contributed by atoms with Crippen LogP contribution in [0.3, 0.4) is 0 Å². The van der Waals surface area contributed by atoms with Crippen molar-refractivity contribution in [2.24, 2.45) is 11.8 Å². The Balaban J connectivity index is 3.22. The molecule has 0 aromatic carbocycles. The molecule has 0 amide bonds. The topological polar surface area (TPSA) is 0 Å². The van der Waals surface area contributed by atoms with Crippen LogP contribution in [0.5, 0.6) is 0 Å². The van der Waals surface area contributed by atoms with Gasteiger partial charge >= 0.3 is 0 Å². The van der Waals surface area contributed by atoms with Crippen molar-refractivity contribution in [3.8, 4) is 0 Å². The molecule has 0 saturated heterocycles. The molecule has 0 rings (SSSR count). The van der Waals surface area contributed by atoms with E-state index in [4.69, 9.17) is 0 Å². The van der Waals surface area contributed by atoms with Crippen LogP contribution >= 0.6 is 0 Å². The summed E-state index contributed by atoms with van der Waals surface area (Å²) in [6.45, 7) is 12.7. The summed E-state index contributed by atoms with van der Waals surface area (Å²) in [6, 6.07) is 0. The van der Waals surface area contributed by atoms with Gasteiger partial charge in [-0.25, -0.2) is 0 Å². The Hall–Kier alpha value is -0.260. The van der Waals surface area contributed by atoms with Crippen LogP contribution in [-0.2, 0) is 0 Å². The monoisotopic (exact) mass is 418 g/mol. The molecule has 2 unspecified atom stereocenters. The second kappa shape index (κ2) is 25.0. The van der Waals surface area contributed by atoms with E-state index in [1.807, 2.05) is 0 Å².